The summed E-state index contributed by atoms with van der Waals surface area (Å²) in [6, 6.07) is 10.3. The van der Waals surface area contributed by atoms with Crippen LogP contribution in [-0.4, -0.2) is 38.1 Å². The van der Waals surface area contributed by atoms with Crippen LogP contribution in [0.3, 0.4) is 0 Å². The predicted molar refractivity (Wildman–Crippen MR) is 109 cm³/mol. The van der Waals surface area contributed by atoms with Gasteiger partial charge >= 0.3 is 0 Å². The molecule has 0 radical (unpaired) electrons. The number of hydrogen-bond acceptors (Lipinski definition) is 5. The SMILES string of the molecule is COc1ccc(OC)c([C@H]2CCC[NH+]2CC(=O)Nc2ccc([N+](=O)[O-])cc2C)c1. The molecule has 0 saturated carbocycles. The number of quaternary nitrogens is 1. The van der Waals surface area contributed by atoms with Crippen LogP contribution < -0.4 is 19.7 Å². The molecule has 2 aromatic rings. The molecule has 2 N–H and O–H groups in total. The minimum absolute atomic E-state index is 0.0100. The standard InChI is InChI=1S/C21H25N3O5/c1-14-11-15(24(26)27)6-8-18(14)22-21(25)13-23-10-4-5-19(23)17-12-16(28-2)7-9-20(17)29-3/h6-9,11-12,19H,4-5,10,13H2,1-3H3,(H,22,25)/p+1/t19-/m1/s1. The number of amides is 1. The average Bonchev–Trinajstić information content (AvgIpc) is 3.16. The minimum Gasteiger partial charge on any atom is -0.497 e. The van der Waals surface area contributed by atoms with E-state index in [4.69, 9.17) is 9.47 Å². The van der Waals surface area contributed by atoms with Crippen molar-refractivity contribution >= 4 is 17.3 Å². The first kappa shape index (κ1) is 20.6. The van der Waals surface area contributed by atoms with Gasteiger partial charge in [-0.1, -0.05) is 0 Å². The van der Waals surface area contributed by atoms with Crippen molar-refractivity contribution < 1.29 is 24.1 Å². The summed E-state index contributed by atoms with van der Waals surface area (Å²) in [5.74, 6) is 1.44. The normalized spacial score (nSPS) is 18.3. The zero-order valence-corrected chi connectivity index (χ0v) is 16.9. The molecule has 2 atom stereocenters. The zero-order chi connectivity index (χ0) is 21.0. The monoisotopic (exact) mass is 400 g/mol. The topological polar surface area (TPSA) is 95.1 Å². The van der Waals surface area contributed by atoms with Crippen LogP contribution in [0, 0.1) is 17.0 Å². The summed E-state index contributed by atoms with van der Waals surface area (Å²) in [5.41, 5.74) is 2.30. The number of nitrogens with one attached hydrogen (secondary N) is 2. The lowest BCUT2D eigenvalue weighted by molar-refractivity contribution is -0.910. The molecule has 1 heterocycles. The minimum atomic E-state index is -0.445. The van der Waals surface area contributed by atoms with Crippen LogP contribution in [0.4, 0.5) is 11.4 Å². The molecule has 1 aliphatic rings. The van der Waals surface area contributed by atoms with Crippen LogP contribution in [0.25, 0.3) is 0 Å². The third kappa shape index (κ3) is 4.65. The van der Waals surface area contributed by atoms with Crippen molar-refractivity contribution in [2.45, 2.75) is 25.8 Å². The van der Waals surface area contributed by atoms with Gasteiger partial charge in [-0.3, -0.25) is 14.9 Å². The number of non-ortho nitro benzene ring substituents is 1. The number of nitro benzene ring substituents is 1. The third-order valence-electron chi connectivity index (χ3n) is 5.38. The molecule has 1 saturated heterocycles. The fourth-order valence-electron chi connectivity index (χ4n) is 3.91. The molecule has 3 rings (SSSR count). The number of carbonyl (C=O) groups is 1. The van der Waals surface area contributed by atoms with E-state index in [1.807, 2.05) is 18.2 Å². The summed E-state index contributed by atoms with van der Waals surface area (Å²) in [7, 11) is 3.27. The van der Waals surface area contributed by atoms with E-state index >= 15 is 0 Å². The highest BCUT2D eigenvalue weighted by molar-refractivity contribution is 5.92. The van der Waals surface area contributed by atoms with Crippen molar-refractivity contribution in [1.29, 1.82) is 0 Å². The number of carbonyl (C=O) groups excluding carboxylic acids is 1. The molecule has 2 aromatic carbocycles. The lowest BCUT2D eigenvalue weighted by atomic mass is 10.0. The Morgan fingerprint density at radius 2 is 2.03 bits per heavy atom. The summed E-state index contributed by atoms with van der Waals surface area (Å²) >= 11 is 0. The maximum absolute atomic E-state index is 12.7. The molecule has 1 fully saturated rings. The molecule has 29 heavy (non-hydrogen) atoms. The van der Waals surface area contributed by atoms with Gasteiger partial charge in [0, 0.05) is 30.7 Å². The van der Waals surface area contributed by atoms with E-state index in [1.165, 1.54) is 12.1 Å². The van der Waals surface area contributed by atoms with Gasteiger partial charge in [-0.2, -0.15) is 0 Å². The molecular formula is C21H26N3O5+. The summed E-state index contributed by atoms with van der Waals surface area (Å²) in [6.07, 6.45) is 1.98. The first-order valence-corrected chi connectivity index (χ1v) is 9.54. The number of benzene rings is 2. The number of rotatable bonds is 7. The molecule has 1 aliphatic heterocycles. The average molecular weight is 400 g/mol. The van der Waals surface area contributed by atoms with Gasteiger partial charge in [0.2, 0.25) is 0 Å². The lowest BCUT2D eigenvalue weighted by Crippen LogP contribution is -3.11. The fraction of sp³-hybridized carbons (Fsp3) is 0.381. The van der Waals surface area contributed by atoms with Crippen molar-refractivity contribution in [3.05, 3.63) is 57.6 Å². The zero-order valence-electron chi connectivity index (χ0n) is 16.9. The quantitative estimate of drug-likeness (QED) is 0.549. The first-order chi connectivity index (χ1) is 13.9. The third-order valence-corrected chi connectivity index (χ3v) is 5.38. The Balaban J connectivity index is 1.73. The Labute approximate surface area is 169 Å². The van der Waals surface area contributed by atoms with Crippen LogP contribution in [0.5, 0.6) is 11.5 Å². The van der Waals surface area contributed by atoms with E-state index in [1.54, 1.807) is 27.2 Å². The number of aryl methyl sites for hydroxylation is 1. The molecule has 0 aliphatic carbocycles. The molecule has 0 spiro atoms. The first-order valence-electron chi connectivity index (χ1n) is 9.54. The van der Waals surface area contributed by atoms with Gasteiger partial charge in [-0.05, 0) is 36.8 Å². The Morgan fingerprint density at radius 1 is 1.24 bits per heavy atom. The van der Waals surface area contributed by atoms with Crippen LogP contribution >= 0.6 is 0 Å². The fourth-order valence-corrected chi connectivity index (χ4v) is 3.91. The molecule has 1 amide bonds. The van der Waals surface area contributed by atoms with Crippen LogP contribution in [-0.2, 0) is 4.79 Å². The van der Waals surface area contributed by atoms with Gasteiger partial charge in [0.25, 0.3) is 11.6 Å². The van der Waals surface area contributed by atoms with Crippen LogP contribution in [0.2, 0.25) is 0 Å². The number of nitro groups is 1. The Bertz CT molecular complexity index is 915. The van der Waals surface area contributed by atoms with Gasteiger partial charge in [0.05, 0.1) is 31.3 Å². The van der Waals surface area contributed by atoms with E-state index in [2.05, 4.69) is 5.32 Å². The summed E-state index contributed by atoms with van der Waals surface area (Å²) in [4.78, 5) is 24.3. The van der Waals surface area contributed by atoms with E-state index < -0.39 is 4.92 Å². The molecule has 8 nitrogen and oxygen atoms in total. The Kier molecular flexibility index (Phi) is 6.33. The van der Waals surface area contributed by atoms with E-state index in [0.717, 1.165) is 41.3 Å². The Morgan fingerprint density at radius 3 is 2.69 bits per heavy atom. The highest BCUT2D eigenvalue weighted by Crippen LogP contribution is 2.31. The van der Waals surface area contributed by atoms with Crippen LogP contribution in [0.1, 0.15) is 30.0 Å². The molecular weight excluding hydrogens is 374 g/mol. The van der Waals surface area contributed by atoms with Crippen molar-refractivity contribution in [3.8, 4) is 11.5 Å². The predicted octanol–water partition coefficient (Wildman–Crippen LogP) is 2.28. The summed E-state index contributed by atoms with van der Waals surface area (Å²) in [5, 5.41) is 13.8. The van der Waals surface area contributed by atoms with Gasteiger partial charge in [-0.25, -0.2) is 0 Å². The number of ether oxygens (including phenoxy) is 2. The van der Waals surface area contributed by atoms with Crippen molar-refractivity contribution in [2.24, 2.45) is 0 Å². The maximum atomic E-state index is 12.7. The number of nitrogens with zero attached hydrogens (tertiary/aromatic N) is 1. The molecule has 8 heteroatoms. The lowest BCUT2D eigenvalue weighted by Gasteiger charge is -2.23. The number of anilines is 1. The summed E-state index contributed by atoms with van der Waals surface area (Å²) < 4.78 is 10.9. The second-order valence-electron chi connectivity index (χ2n) is 7.19. The smallest absolute Gasteiger partial charge is 0.279 e. The number of likely N-dealkylation sites (tertiary alicyclic amines) is 1. The molecule has 1 unspecified atom stereocenters. The molecule has 0 aromatic heterocycles. The highest BCUT2D eigenvalue weighted by Gasteiger charge is 2.34. The largest absolute Gasteiger partial charge is 0.497 e. The second kappa shape index (κ2) is 8.91. The van der Waals surface area contributed by atoms with Crippen molar-refractivity contribution in [1.82, 2.24) is 0 Å². The highest BCUT2D eigenvalue weighted by atomic mass is 16.6. The van der Waals surface area contributed by atoms with Gasteiger partial charge < -0.3 is 19.7 Å². The Hall–Kier alpha value is -3.13. The van der Waals surface area contributed by atoms with Gasteiger partial charge in [0.15, 0.2) is 6.54 Å². The van der Waals surface area contributed by atoms with E-state index in [0.29, 0.717) is 17.8 Å². The number of methoxy groups -OCH3 is 2. The molecule has 154 valence electrons. The van der Waals surface area contributed by atoms with Crippen LogP contribution in [0.15, 0.2) is 36.4 Å². The number of hydrogen-bond donors (Lipinski definition) is 2. The van der Waals surface area contributed by atoms with Crippen molar-refractivity contribution in [3.63, 3.8) is 0 Å². The maximum Gasteiger partial charge on any atom is 0.279 e. The summed E-state index contributed by atoms with van der Waals surface area (Å²) in [6.45, 7) is 2.94. The van der Waals surface area contributed by atoms with Crippen molar-refractivity contribution in [2.75, 3.05) is 32.6 Å². The van der Waals surface area contributed by atoms with E-state index in [9.17, 15) is 14.9 Å². The van der Waals surface area contributed by atoms with E-state index in [-0.39, 0.29) is 17.6 Å². The van der Waals surface area contributed by atoms with Gasteiger partial charge in [-0.15, -0.1) is 0 Å². The molecule has 0 bridgehead atoms. The van der Waals surface area contributed by atoms with Gasteiger partial charge in [0.1, 0.15) is 17.5 Å². The second-order valence-corrected chi connectivity index (χ2v) is 7.19.